The first-order valence-electron chi connectivity index (χ1n) is 6.22. The second-order valence-electron chi connectivity index (χ2n) is 4.71. The van der Waals surface area contributed by atoms with E-state index in [1.54, 1.807) is 12.1 Å². The minimum absolute atomic E-state index is 0.0114. The van der Waals surface area contributed by atoms with Crippen molar-refractivity contribution < 1.29 is 9.53 Å². The molecule has 2 radical (unpaired) electrons. The van der Waals surface area contributed by atoms with Crippen LogP contribution in [0, 0.1) is 5.92 Å². The Labute approximate surface area is 104 Å². The molecule has 1 fully saturated rings. The minimum Gasteiger partial charge on any atom is -0.459 e. The van der Waals surface area contributed by atoms with E-state index in [-0.39, 0.29) is 17.9 Å². The highest BCUT2D eigenvalue weighted by atomic mass is 16.5. The number of ether oxygens (including phenoxy) is 1. The fourth-order valence-electron chi connectivity index (χ4n) is 2.48. The van der Waals surface area contributed by atoms with Gasteiger partial charge in [0.25, 0.3) is 0 Å². The van der Waals surface area contributed by atoms with Crippen molar-refractivity contribution >= 4 is 13.8 Å². The van der Waals surface area contributed by atoms with Gasteiger partial charge in [-0.1, -0.05) is 37.4 Å². The van der Waals surface area contributed by atoms with Crippen molar-refractivity contribution in [2.45, 2.75) is 38.1 Å². The largest absolute Gasteiger partial charge is 0.459 e. The van der Waals surface area contributed by atoms with Crippen LogP contribution in [0.1, 0.15) is 36.5 Å². The number of hydrogen-bond acceptors (Lipinski definition) is 2. The van der Waals surface area contributed by atoms with E-state index in [1.807, 2.05) is 18.2 Å². The lowest BCUT2D eigenvalue weighted by molar-refractivity contribution is 0.0203. The molecule has 3 unspecified atom stereocenters. The Balaban J connectivity index is 1.99. The van der Waals surface area contributed by atoms with Crippen LogP contribution in [0.2, 0.25) is 5.82 Å². The molecule has 0 aliphatic heterocycles. The molecule has 0 heterocycles. The normalized spacial score (nSPS) is 27.9. The summed E-state index contributed by atoms with van der Waals surface area (Å²) in [6.07, 6.45) is 2.75. The molecule has 1 aliphatic rings. The van der Waals surface area contributed by atoms with Gasteiger partial charge < -0.3 is 4.74 Å². The Bertz CT molecular complexity index is 377. The van der Waals surface area contributed by atoms with Gasteiger partial charge in [0.15, 0.2) is 0 Å². The van der Waals surface area contributed by atoms with Gasteiger partial charge in [0.1, 0.15) is 6.10 Å². The van der Waals surface area contributed by atoms with Crippen molar-refractivity contribution in [2.75, 3.05) is 0 Å². The highest BCUT2D eigenvalue weighted by Gasteiger charge is 2.33. The van der Waals surface area contributed by atoms with E-state index in [9.17, 15) is 4.79 Å². The number of carbonyl (C=O) groups excluding carboxylic acids is 1. The predicted molar refractivity (Wildman–Crippen MR) is 68.2 cm³/mol. The summed E-state index contributed by atoms with van der Waals surface area (Å²) >= 11 is 0. The SMILES string of the molecule is [B]C1CC(CC)C(OC(=O)c2ccccc2)C1. The van der Waals surface area contributed by atoms with Gasteiger partial charge in [-0.3, -0.25) is 0 Å². The van der Waals surface area contributed by atoms with Gasteiger partial charge in [-0.05, 0) is 30.9 Å². The molecule has 3 atom stereocenters. The van der Waals surface area contributed by atoms with Crippen LogP contribution < -0.4 is 0 Å². The van der Waals surface area contributed by atoms with Crippen LogP contribution in [0.5, 0.6) is 0 Å². The lowest BCUT2D eigenvalue weighted by Gasteiger charge is -2.18. The Morgan fingerprint density at radius 1 is 1.35 bits per heavy atom. The lowest BCUT2D eigenvalue weighted by atomic mass is 9.85. The molecule has 1 saturated carbocycles. The van der Waals surface area contributed by atoms with Crippen LogP contribution in [-0.4, -0.2) is 19.9 Å². The quantitative estimate of drug-likeness (QED) is 0.587. The molecule has 1 aliphatic carbocycles. The average Bonchev–Trinajstić information content (AvgIpc) is 2.70. The van der Waals surface area contributed by atoms with E-state index in [4.69, 9.17) is 12.6 Å². The van der Waals surface area contributed by atoms with Crippen LogP contribution in [-0.2, 0) is 4.74 Å². The molecule has 0 aromatic heterocycles. The Hall–Kier alpha value is -1.25. The van der Waals surface area contributed by atoms with Crippen molar-refractivity contribution in [1.82, 2.24) is 0 Å². The van der Waals surface area contributed by atoms with Gasteiger partial charge in [-0.25, -0.2) is 4.79 Å². The summed E-state index contributed by atoms with van der Waals surface area (Å²) < 4.78 is 5.55. The van der Waals surface area contributed by atoms with Crippen molar-refractivity contribution in [2.24, 2.45) is 5.92 Å². The number of benzene rings is 1. The average molecular weight is 228 g/mol. The van der Waals surface area contributed by atoms with E-state index in [2.05, 4.69) is 6.92 Å². The number of carbonyl (C=O) groups is 1. The Morgan fingerprint density at radius 3 is 2.71 bits per heavy atom. The van der Waals surface area contributed by atoms with Gasteiger partial charge in [-0.15, -0.1) is 0 Å². The monoisotopic (exact) mass is 228 g/mol. The van der Waals surface area contributed by atoms with E-state index in [0.29, 0.717) is 11.5 Å². The molecule has 2 rings (SSSR count). The van der Waals surface area contributed by atoms with E-state index in [0.717, 1.165) is 19.3 Å². The molecule has 0 spiro atoms. The summed E-state index contributed by atoms with van der Waals surface area (Å²) in [7, 11) is 5.91. The first-order chi connectivity index (χ1) is 8.20. The van der Waals surface area contributed by atoms with Crippen LogP contribution in [0.4, 0.5) is 0 Å². The van der Waals surface area contributed by atoms with Crippen LogP contribution in [0.3, 0.4) is 0 Å². The molecule has 0 saturated heterocycles. The molecule has 0 amide bonds. The number of rotatable bonds is 3. The molecule has 17 heavy (non-hydrogen) atoms. The van der Waals surface area contributed by atoms with E-state index >= 15 is 0 Å². The maximum Gasteiger partial charge on any atom is 0.338 e. The minimum atomic E-state index is -0.233. The highest BCUT2D eigenvalue weighted by molar-refractivity contribution is 6.11. The second kappa shape index (κ2) is 5.39. The standard InChI is InChI=1S/C14H17BO2/c1-2-10-8-12(15)9-13(10)17-14(16)11-6-4-3-5-7-11/h3-7,10,12-13H,2,8-9H2,1H3. The van der Waals surface area contributed by atoms with Crippen molar-refractivity contribution in [1.29, 1.82) is 0 Å². The molecular weight excluding hydrogens is 211 g/mol. The highest BCUT2D eigenvalue weighted by Crippen LogP contribution is 2.37. The predicted octanol–water partition coefficient (Wildman–Crippen LogP) is 2.99. The maximum atomic E-state index is 11.9. The smallest absolute Gasteiger partial charge is 0.338 e. The molecule has 0 bridgehead atoms. The number of hydrogen-bond donors (Lipinski definition) is 0. The summed E-state index contributed by atoms with van der Waals surface area (Å²) in [6.45, 7) is 2.12. The molecule has 0 N–H and O–H groups in total. The van der Waals surface area contributed by atoms with E-state index in [1.165, 1.54) is 0 Å². The van der Waals surface area contributed by atoms with Crippen molar-refractivity contribution in [3.8, 4) is 0 Å². The maximum absolute atomic E-state index is 11.9. The first kappa shape index (κ1) is 12.2. The molecule has 2 nitrogen and oxygen atoms in total. The summed E-state index contributed by atoms with van der Waals surface area (Å²) in [4.78, 5) is 11.9. The Kier molecular flexibility index (Phi) is 3.87. The fourth-order valence-corrected chi connectivity index (χ4v) is 2.48. The Morgan fingerprint density at radius 2 is 2.06 bits per heavy atom. The summed E-state index contributed by atoms with van der Waals surface area (Å²) in [5.41, 5.74) is 0.614. The van der Waals surface area contributed by atoms with Gasteiger partial charge in [-0.2, -0.15) is 0 Å². The van der Waals surface area contributed by atoms with Crippen molar-refractivity contribution in [3.05, 3.63) is 35.9 Å². The third-order valence-electron chi connectivity index (χ3n) is 3.46. The van der Waals surface area contributed by atoms with Crippen LogP contribution in [0.15, 0.2) is 30.3 Å². The van der Waals surface area contributed by atoms with Gasteiger partial charge in [0.05, 0.1) is 13.4 Å². The van der Waals surface area contributed by atoms with Crippen LogP contribution in [0.25, 0.3) is 0 Å². The number of esters is 1. The zero-order valence-corrected chi connectivity index (χ0v) is 10.1. The summed E-state index contributed by atoms with van der Waals surface area (Å²) in [6, 6.07) is 9.12. The first-order valence-corrected chi connectivity index (χ1v) is 6.22. The topological polar surface area (TPSA) is 26.3 Å². The molecule has 1 aromatic rings. The van der Waals surface area contributed by atoms with Gasteiger partial charge >= 0.3 is 5.97 Å². The summed E-state index contributed by atoms with van der Waals surface area (Å²) in [5, 5.41) is 0. The molecule has 3 heteroatoms. The zero-order valence-electron chi connectivity index (χ0n) is 10.1. The molecule has 88 valence electrons. The lowest BCUT2D eigenvalue weighted by Crippen LogP contribution is -2.21. The zero-order chi connectivity index (χ0) is 12.3. The van der Waals surface area contributed by atoms with Gasteiger partial charge in [0, 0.05) is 0 Å². The molecule has 1 aromatic carbocycles. The second-order valence-corrected chi connectivity index (χ2v) is 4.71. The van der Waals surface area contributed by atoms with Crippen molar-refractivity contribution in [3.63, 3.8) is 0 Å². The molecular formula is C14H17BO2. The van der Waals surface area contributed by atoms with E-state index < -0.39 is 0 Å². The van der Waals surface area contributed by atoms with Gasteiger partial charge in [0.2, 0.25) is 0 Å². The third-order valence-corrected chi connectivity index (χ3v) is 3.46. The third kappa shape index (κ3) is 2.90. The fraction of sp³-hybridized carbons (Fsp3) is 0.500. The van der Waals surface area contributed by atoms with Crippen LogP contribution >= 0.6 is 0 Å². The summed E-state index contributed by atoms with van der Waals surface area (Å²) in [5.74, 6) is 0.356.